The fourth-order valence-corrected chi connectivity index (χ4v) is 1.71. The van der Waals surface area contributed by atoms with Crippen LogP contribution in [0.4, 0.5) is 0 Å². The molecule has 0 aliphatic heterocycles. The van der Waals surface area contributed by atoms with Gasteiger partial charge in [0.1, 0.15) is 0 Å². The number of thiazole rings is 1. The first-order valence-corrected chi connectivity index (χ1v) is 5.38. The third-order valence-corrected chi connectivity index (χ3v) is 3.00. The van der Waals surface area contributed by atoms with Crippen LogP contribution in [0.1, 0.15) is 26.5 Å². The molecule has 0 amide bonds. The van der Waals surface area contributed by atoms with Crippen LogP contribution in [0.2, 0.25) is 0 Å². The van der Waals surface area contributed by atoms with Gasteiger partial charge in [0, 0.05) is 16.5 Å². The number of hydrogen-bond acceptors (Lipinski definition) is 3. The van der Waals surface area contributed by atoms with Crippen molar-refractivity contribution in [1.82, 2.24) is 4.57 Å². The number of ketones is 1. The van der Waals surface area contributed by atoms with E-state index in [1.807, 2.05) is 27.7 Å². The molecule has 0 aromatic carbocycles. The van der Waals surface area contributed by atoms with Crippen molar-refractivity contribution in [1.29, 1.82) is 0 Å². The van der Waals surface area contributed by atoms with Crippen molar-refractivity contribution >= 4 is 17.1 Å². The smallest absolute Gasteiger partial charge is 0.297 e. The molecule has 3 nitrogen and oxygen atoms in total. The Morgan fingerprint density at radius 2 is 2.07 bits per heavy atom. The summed E-state index contributed by atoms with van der Waals surface area (Å²) in [5, 5.41) is 1.78. The highest BCUT2D eigenvalue weighted by Crippen LogP contribution is 2.15. The molecule has 0 unspecified atom stereocenters. The van der Waals surface area contributed by atoms with Crippen LogP contribution >= 0.6 is 11.3 Å². The maximum atomic E-state index is 11.7. The summed E-state index contributed by atoms with van der Waals surface area (Å²) < 4.78 is 1.53. The molecule has 1 aromatic rings. The SMILES string of the molecule is Cc1csc(=O)n1CC(=O)C(C)(C)C. The number of carbonyl (C=O) groups excluding carboxylic acids is 1. The molecule has 1 rings (SSSR count). The molecule has 0 bridgehead atoms. The number of carbonyl (C=O) groups is 1. The van der Waals surface area contributed by atoms with Crippen molar-refractivity contribution in [3.05, 3.63) is 20.7 Å². The molecule has 0 fully saturated rings. The Hall–Kier alpha value is -0.900. The number of aromatic nitrogens is 1. The Morgan fingerprint density at radius 3 is 2.43 bits per heavy atom. The van der Waals surface area contributed by atoms with Crippen molar-refractivity contribution in [2.24, 2.45) is 5.41 Å². The minimum Gasteiger partial charge on any atom is -0.297 e. The molecule has 0 aliphatic carbocycles. The van der Waals surface area contributed by atoms with Gasteiger partial charge in [-0.25, -0.2) is 0 Å². The molecule has 1 heterocycles. The van der Waals surface area contributed by atoms with Crippen LogP contribution in [0.25, 0.3) is 0 Å². The first kappa shape index (κ1) is 11.2. The average Bonchev–Trinajstić information content (AvgIpc) is 2.34. The van der Waals surface area contributed by atoms with Crippen molar-refractivity contribution in [3.63, 3.8) is 0 Å². The maximum Gasteiger partial charge on any atom is 0.307 e. The van der Waals surface area contributed by atoms with E-state index in [1.165, 1.54) is 4.57 Å². The van der Waals surface area contributed by atoms with Gasteiger partial charge in [-0.15, -0.1) is 0 Å². The molecule has 78 valence electrons. The summed E-state index contributed by atoms with van der Waals surface area (Å²) in [4.78, 5) is 23.0. The molecule has 0 radical (unpaired) electrons. The van der Waals surface area contributed by atoms with Gasteiger partial charge in [0.05, 0.1) is 6.54 Å². The van der Waals surface area contributed by atoms with Gasteiger partial charge in [0.25, 0.3) is 0 Å². The monoisotopic (exact) mass is 213 g/mol. The number of rotatable bonds is 2. The van der Waals surface area contributed by atoms with Crippen LogP contribution < -0.4 is 4.87 Å². The largest absolute Gasteiger partial charge is 0.307 e. The Bertz CT molecular complexity index is 395. The summed E-state index contributed by atoms with van der Waals surface area (Å²) in [6.45, 7) is 7.62. The molecule has 0 atom stereocenters. The predicted octanol–water partition coefficient (Wildman–Crippen LogP) is 1.83. The molecule has 14 heavy (non-hydrogen) atoms. The van der Waals surface area contributed by atoms with Crippen molar-refractivity contribution in [2.45, 2.75) is 34.2 Å². The molecule has 4 heteroatoms. The van der Waals surface area contributed by atoms with Gasteiger partial charge in [-0.05, 0) is 6.92 Å². The van der Waals surface area contributed by atoms with Crippen LogP contribution in [-0.4, -0.2) is 10.4 Å². The Kier molecular flexibility index (Phi) is 2.95. The van der Waals surface area contributed by atoms with Gasteiger partial charge in [0.2, 0.25) is 0 Å². The quantitative estimate of drug-likeness (QED) is 0.752. The van der Waals surface area contributed by atoms with E-state index in [2.05, 4.69) is 0 Å². The van der Waals surface area contributed by atoms with Crippen LogP contribution in [0.15, 0.2) is 10.2 Å². The highest BCUT2D eigenvalue weighted by molar-refractivity contribution is 7.07. The minimum absolute atomic E-state index is 0.0555. The van der Waals surface area contributed by atoms with E-state index < -0.39 is 0 Å². The zero-order valence-corrected chi connectivity index (χ0v) is 9.77. The van der Waals surface area contributed by atoms with Gasteiger partial charge in [0.15, 0.2) is 5.78 Å². The fourth-order valence-electron chi connectivity index (χ4n) is 0.977. The minimum atomic E-state index is -0.381. The highest BCUT2D eigenvalue weighted by atomic mass is 32.1. The van der Waals surface area contributed by atoms with E-state index in [0.717, 1.165) is 17.0 Å². The molecular formula is C10H15NO2S. The second kappa shape index (κ2) is 3.69. The van der Waals surface area contributed by atoms with Crippen molar-refractivity contribution in [2.75, 3.05) is 0 Å². The summed E-state index contributed by atoms with van der Waals surface area (Å²) in [5.74, 6) is 0.0844. The van der Waals surface area contributed by atoms with Crippen LogP contribution in [-0.2, 0) is 11.3 Å². The predicted molar refractivity (Wildman–Crippen MR) is 57.8 cm³/mol. The zero-order valence-electron chi connectivity index (χ0n) is 8.96. The molecule has 0 aliphatic rings. The van der Waals surface area contributed by atoms with E-state index >= 15 is 0 Å². The topological polar surface area (TPSA) is 39.1 Å². The fraction of sp³-hybridized carbons (Fsp3) is 0.600. The van der Waals surface area contributed by atoms with Crippen molar-refractivity contribution < 1.29 is 4.79 Å². The van der Waals surface area contributed by atoms with E-state index in [-0.39, 0.29) is 22.6 Å². The zero-order chi connectivity index (χ0) is 10.9. The number of hydrogen-bond donors (Lipinski definition) is 0. The van der Waals surface area contributed by atoms with Gasteiger partial charge in [-0.2, -0.15) is 0 Å². The number of aryl methyl sites for hydroxylation is 1. The van der Waals surface area contributed by atoms with Crippen LogP contribution in [0.3, 0.4) is 0 Å². The first-order valence-electron chi connectivity index (χ1n) is 4.50. The van der Waals surface area contributed by atoms with Gasteiger partial charge < -0.3 is 0 Å². The lowest BCUT2D eigenvalue weighted by atomic mass is 9.91. The van der Waals surface area contributed by atoms with Crippen LogP contribution in [0.5, 0.6) is 0 Å². The standard InChI is InChI=1S/C10H15NO2S/c1-7-6-14-9(13)11(7)5-8(12)10(2,3)4/h6H,5H2,1-4H3. The number of nitrogens with zero attached hydrogens (tertiary/aromatic N) is 1. The molecular weight excluding hydrogens is 198 g/mol. The molecule has 0 saturated heterocycles. The van der Waals surface area contributed by atoms with E-state index in [0.29, 0.717) is 0 Å². The van der Waals surface area contributed by atoms with Crippen LogP contribution in [0, 0.1) is 12.3 Å². The lowest BCUT2D eigenvalue weighted by Crippen LogP contribution is -2.29. The Morgan fingerprint density at radius 1 is 1.50 bits per heavy atom. The summed E-state index contributed by atoms with van der Waals surface area (Å²) in [7, 11) is 0. The van der Waals surface area contributed by atoms with E-state index in [1.54, 1.807) is 5.38 Å². The van der Waals surface area contributed by atoms with Gasteiger partial charge >= 0.3 is 4.87 Å². The third kappa shape index (κ3) is 2.32. The Balaban J connectivity index is 2.90. The summed E-state index contributed by atoms with van der Waals surface area (Å²) in [5.41, 5.74) is 0.478. The highest BCUT2D eigenvalue weighted by Gasteiger charge is 2.22. The Labute approximate surface area is 87.4 Å². The van der Waals surface area contributed by atoms with Gasteiger partial charge in [-0.1, -0.05) is 32.1 Å². The summed E-state index contributed by atoms with van der Waals surface area (Å²) in [6.07, 6.45) is 0. The van der Waals surface area contributed by atoms with Crippen molar-refractivity contribution in [3.8, 4) is 0 Å². The summed E-state index contributed by atoms with van der Waals surface area (Å²) >= 11 is 1.14. The molecule has 0 saturated carbocycles. The molecule has 0 spiro atoms. The average molecular weight is 213 g/mol. The summed E-state index contributed by atoms with van der Waals surface area (Å²) in [6, 6.07) is 0. The molecule has 1 aromatic heterocycles. The third-order valence-electron chi connectivity index (χ3n) is 2.11. The second-order valence-electron chi connectivity index (χ2n) is 4.40. The van der Waals surface area contributed by atoms with E-state index in [4.69, 9.17) is 0 Å². The second-order valence-corrected chi connectivity index (χ2v) is 5.22. The molecule has 0 N–H and O–H groups in total. The van der Waals surface area contributed by atoms with E-state index in [9.17, 15) is 9.59 Å². The lowest BCUT2D eigenvalue weighted by molar-refractivity contribution is -0.126. The lowest BCUT2D eigenvalue weighted by Gasteiger charge is -2.16. The first-order chi connectivity index (χ1) is 6.32. The maximum absolute atomic E-state index is 11.7. The number of Topliss-reactive ketones (excluding diaryl/α,β-unsaturated/α-hetero) is 1. The normalized spacial score (nSPS) is 11.7. The van der Waals surface area contributed by atoms with Gasteiger partial charge in [-0.3, -0.25) is 14.2 Å².